The summed E-state index contributed by atoms with van der Waals surface area (Å²) in [5.74, 6) is 0. The summed E-state index contributed by atoms with van der Waals surface area (Å²) < 4.78 is 1.53. The molecule has 0 aliphatic rings. The number of aliphatic hydroxyl groups excluding tert-OH is 1. The van der Waals surface area contributed by atoms with Crippen LogP contribution in [-0.4, -0.2) is 14.9 Å². The van der Waals surface area contributed by atoms with E-state index in [9.17, 15) is 5.11 Å². The highest BCUT2D eigenvalue weighted by molar-refractivity contribution is 6.30. The summed E-state index contributed by atoms with van der Waals surface area (Å²) in [6.45, 7) is 5.28. The maximum atomic E-state index is 9.45. The standard InChI is InChI=1S/C8H11ClN2O/c1-4-6(12)7-5(2)10-11(3)8(7)9/h4,6,12H,1H2,2-3H3. The Hall–Kier alpha value is -0.800. The van der Waals surface area contributed by atoms with Gasteiger partial charge in [-0.15, -0.1) is 6.58 Å². The fourth-order valence-corrected chi connectivity index (χ4v) is 1.39. The van der Waals surface area contributed by atoms with Crippen molar-refractivity contribution in [2.45, 2.75) is 13.0 Å². The minimum absolute atomic E-state index is 0.458. The Bertz CT molecular complexity index is 306. The molecule has 0 aliphatic carbocycles. The van der Waals surface area contributed by atoms with Crippen molar-refractivity contribution in [1.82, 2.24) is 9.78 Å². The molecule has 0 aliphatic heterocycles. The van der Waals surface area contributed by atoms with Crippen LogP contribution < -0.4 is 0 Å². The molecule has 1 aromatic heterocycles. The van der Waals surface area contributed by atoms with Crippen molar-refractivity contribution in [1.29, 1.82) is 0 Å². The van der Waals surface area contributed by atoms with E-state index in [2.05, 4.69) is 11.7 Å². The molecule has 0 fully saturated rings. The van der Waals surface area contributed by atoms with Crippen LogP contribution in [0.3, 0.4) is 0 Å². The number of hydrogen-bond donors (Lipinski definition) is 1. The molecule has 1 heterocycles. The molecule has 1 N–H and O–H groups in total. The molecule has 1 rings (SSSR count). The second-order valence-corrected chi connectivity index (χ2v) is 2.95. The van der Waals surface area contributed by atoms with Gasteiger partial charge in [0.1, 0.15) is 11.3 Å². The Labute approximate surface area is 76.3 Å². The average molecular weight is 187 g/mol. The molecule has 1 aromatic rings. The molecule has 0 spiro atoms. The highest BCUT2D eigenvalue weighted by Crippen LogP contribution is 2.25. The maximum absolute atomic E-state index is 9.45. The Morgan fingerprint density at radius 2 is 2.33 bits per heavy atom. The number of aromatic nitrogens is 2. The summed E-state index contributed by atoms with van der Waals surface area (Å²) in [5, 5.41) is 14.0. The van der Waals surface area contributed by atoms with E-state index in [1.807, 2.05) is 0 Å². The lowest BCUT2D eigenvalue weighted by Gasteiger charge is -2.03. The van der Waals surface area contributed by atoms with Crippen LogP contribution >= 0.6 is 11.6 Å². The molecular formula is C8H11ClN2O. The maximum Gasteiger partial charge on any atom is 0.133 e. The number of aliphatic hydroxyl groups is 1. The van der Waals surface area contributed by atoms with E-state index >= 15 is 0 Å². The zero-order chi connectivity index (χ0) is 9.30. The molecule has 0 amide bonds. The van der Waals surface area contributed by atoms with Crippen molar-refractivity contribution < 1.29 is 5.11 Å². The third-order valence-electron chi connectivity index (χ3n) is 1.72. The number of halogens is 1. The topological polar surface area (TPSA) is 38.1 Å². The van der Waals surface area contributed by atoms with Crippen molar-refractivity contribution in [3.05, 3.63) is 29.1 Å². The molecular weight excluding hydrogens is 176 g/mol. The minimum Gasteiger partial charge on any atom is -0.384 e. The van der Waals surface area contributed by atoms with Crippen molar-refractivity contribution in [2.24, 2.45) is 7.05 Å². The lowest BCUT2D eigenvalue weighted by atomic mass is 10.1. The first-order valence-electron chi connectivity index (χ1n) is 3.57. The van der Waals surface area contributed by atoms with Crippen LogP contribution in [0.1, 0.15) is 17.4 Å². The summed E-state index contributed by atoms with van der Waals surface area (Å²) in [6, 6.07) is 0. The molecule has 4 heteroatoms. The lowest BCUT2D eigenvalue weighted by Crippen LogP contribution is -1.94. The van der Waals surface area contributed by atoms with Gasteiger partial charge in [0.05, 0.1) is 5.69 Å². The predicted octanol–water partition coefficient (Wildman–Crippen LogP) is 1.60. The van der Waals surface area contributed by atoms with Gasteiger partial charge in [-0.1, -0.05) is 17.7 Å². The molecule has 0 saturated carbocycles. The van der Waals surface area contributed by atoms with Gasteiger partial charge in [0.2, 0.25) is 0 Å². The summed E-state index contributed by atoms with van der Waals surface area (Å²) in [4.78, 5) is 0. The first-order valence-corrected chi connectivity index (χ1v) is 3.95. The lowest BCUT2D eigenvalue weighted by molar-refractivity contribution is 0.228. The quantitative estimate of drug-likeness (QED) is 0.713. The van der Waals surface area contributed by atoms with Gasteiger partial charge < -0.3 is 5.11 Å². The summed E-state index contributed by atoms with van der Waals surface area (Å²) in [7, 11) is 1.73. The van der Waals surface area contributed by atoms with Gasteiger partial charge >= 0.3 is 0 Å². The van der Waals surface area contributed by atoms with Crippen LogP contribution in [0, 0.1) is 6.92 Å². The second-order valence-electron chi connectivity index (χ2n) is 2.59. The number of rotatable bonds is 2. The first-order chi connectivity index (χ1) is 5.57. The van der Waals surface area contributed by atoms with Crippen molar-refractivity contribution >= 4 is 11.6 Å². The largest absolute Gasteiger partial charge is 0.384 e. The summed E-state index contributed by atoms with van der Waals surface area (Å²) in [5.41, 5.74) is 1.36. The fourth-order valence-electron chi connectivity index (χ4n) is 1.10. The van der Waals surface area contributed by atoms with E-state index in [1.165, 1.54) is 10.8 Å². The van der Waals surface area contributed by atoms with Crippen LogP contribution in [0.25, 0.3) is 0 Å². The van der Waals surface area contributed by atoms with E-state index in [0.29, 0.717) is 10.7 Å². The Morgan fingerprint density at radius 3 is 2.67 bits per heavy atom. The van der Waals surface area contributed by atoms with E-state index in [0.717, 1.165) is 5.69 Å². The normalized spacial score (nSPS) is 13.0. The van der Waals surface area contributed by atoms with E-state index in [4.69, 9.17) is 11.6 Å². The Morgan fingerprint density at radius 1 is 1.75 bits per heavy atom. The third-order valence-corrected chi connectivity index (χ3v) is 2.16. The molecule has 0 bridgehead atoms. The van der Waals surface area contributed by atoms with E-state index < -0.39 is 6.10 Å². The van der Waals surface area contributed by atoms with E-state index in [1.54, 1.807) is 14.0 Å². The molecule has 12 heavy (non-hydrogen) atoms. The number of hydrogen-bond acceptors (Lipinski definition) is 2. The molecule has 0 saturated heterocycles. The van der Waals surface area contributed by atoms with Gasteiger partial charge in [-0.3, -0.25) is 4.68 Å². The molecule has 3 nitrogen and oxygen atoms in total. The van der Waals surface area contributed by atoms with Gasteiger partial charge in [0, 0.05) is 12.6 Å². The zero-order valence-electron chi connectivity index (χ0n) is 7.08. The number of nitrogens with zero attached hydrogens (tertiary/aromatic N) is 2. The van der Waals surface area contributed by atoms with Gasteiger partial charge in [-0.25, -0.2) is 0 Å². The monoisotopic (exact) mass is 186 g/mol. The van der Waals surface area contributed by atoms with Crippen LogP contribution in [0.5, 0.6) is 0 Å². The Kier molecular flexibility index (Phi) is 2.55. The molecule has 1 unspecified atom stereocenters. The van der Waals surface area contributed by atoms with Gasteiger partial charge in [0.25, 0.3) is 0 Å². The van der Waals surface area contributed by atoms with Crippen LogP contribution in [0.15, 0.2) is 12.7 Å². The predicted molar refractivity (Wildman–Crippen MR) is 48.1 cm³/mol. The van der Waals surface area contributed by atoms with Gasteiger partial charge in [-0.2, -0.15) is 5.10 Å². The van der Waals surface area contributed by atoms with Crippen molar-refractivity contribution in [3.63, 3.8) is 0 Å². The average Bonchev–Trinajstić information content (AvgIpc) is 2.26. The van der Waals surface area contributed by atoms with Crippen LogP contribution in [-0.2, 0) is 7.05 Å². The van der Waals surface area contributed by atoms with Gasteiger partial charge in [0.15, 0.2) is 0 Å². The van der Waals surface area contributed by atoms with Crippen molar-refractivity contribution in [2.75, 3.05) is 0 Å². The van der Waals surface area contributed by atoms with Crippen LogP contribution in [0.4, 0.5) is 0 Å². The first kappa shape index (κ1) is 9.29. The van der Waals surface area contributed by atoms with Gasteiger partial charge in [-0.05, 0) is 6.92 Å². The molecule has 0 aromatic carbocycles. The highest BCUT2D eigenvalue weighted by Gasteiger charge is 2.16. The summed E-state index contributed by atoms with van der Waals surface area (Å²) in [6.07, 6.45) is 0.696. The molecule has 0 radical (unpaired) electrons. The fraction of sp³-hybridized carbons (Fsp3) is 0.375. The zero-order valence-corrected chi connectivity index (χ0v) is 7.84. The Balaban J connectivity index is 3.21. The summed E-state index contributed by atoms with van der Waals surface area (Å²) >= 11 is 5.88. The second kappa shape index (κ2) is 3.29. The minimum atomic E-state index is -0.730. The highest BCUT2D eigenvalue weighted by atomic mass is 35.5. The third kappa shape index (κ3) is 1.38. The SMILES string of the molecule is C=CC(O)c1c(C)nn(C)c1Cl. The van der Waals surface area contributed by atoms with Crippen molar-refractivity contribution in [3.8, 4) is 0 Å². The number of aryl methyl sites for hydroxylation is 2. The smallest absolute Gasteiger partial charge is 0.133 e. The molecule has 1 atom stereocenters. The molecule has 66 valence electrons. The van der Waals surface area contributed by atoms with E-state index in [-0.39, 0.29) is 0 Å². The van der Waals surface area contributed by atoms with Crippen LogP contribution in [0.2, 0.25) is 5.15 Å².